The number of hydrogen-bond acceptors (Lipinski definition) is 2. The van der Waals surface area contributed by atoms with E-state index in [2.05, 4.69) is 5.32 Å². The Morgan fingerprint density at radius 2 is 2.00 bits per heavy atom. The number of benzene rings is 2. The number of anilines is 1. The average Bonchev–Trinajstić information content (AvgIpc) is 2.86. The van der Waals surface area contributed by atoms with Crippen LogP contribution in [0.4, 0.5) is 14.5 Å². The summed E-state index contributed by atoms with van der Waals surface area (Å²) < 4.78 is 31.7. The Bertz CT molecular complexity index is 648. The van der Waals surface area contributed by atoms with E-state index in [1.54, 1.807) is 6.07 Å². The number of halogens is 2. The summed E-state index contributed by atoms with van der Waals surface area (Å²) >= 11 is 0. The molecular formula is C15H11F2NO2. The molecule has 2 aromatic rings. The van der Waals surface area contributed by atoms with E-state index in [4.69, 9.17) is 4.74 Å². The van der Waals surface area contributed by atoms with E-state index in [0.29, 0.717) is 12.2 Å². The molecule has 5 heteroatoms. The first-order valence-corrected chi connectivity index (χ1v) is 6.14. The molecule has 0 aliphatic carbocycles. The summed E-state index contributed by atoms with van der Waals surface area (Å²) in [5, 5.41) is 2.41. The van der Waals surface area contributed by atoms with E-state index in [9.17, 15) is 13.6 Å². The lowest BCUT2D eigenvalue weighted by atomic mass is 10.1. The van der Waals surface area contributed by atoms with Gasteiger partial charge < -0.3 is 10.1 Å². The van der Waals surface area contributed by atoms with Crippen LogP contribution in [-0.4, -0.2) is 12.0 Å². The van der Waals surface area contributed by atoms with Gasteiger partial charge in [0.1, 0.15) is 17.4 Å². The van der Waals surface area contributed by atoms with Crippen LogP contribution >= 0.6 is 0 Å². The van der Waals surface area contributed by atoms with Crippen molar-refractivity contribution < 1.29 is 18.3 Å². The largest absolute Gasteiger partial charge is 0.480 e. The van der Waals surface area contributed by atoms with Crippen molar-refractivity contribution in [3.63, 3.8) is 0 Å². The fourth-order valence-corrected chi connectivity index (χ4v) is 2.13. The van der Waals surface area contributed by atoms with Crippen LogP contribution in [0.1, 0.15) is 5.56 Å². The van der Waals surface area contributed by atoms with Crippen LogP contribution < -0.4 is 10.1 Å². The number of carbonyl (C=O) groups excluding carboxylic acids is 1. The van der Waals surface area contributed by atoms with Gasteiger partial charge in [0.25, 0.3) is 5.91 Å². The third-order valence-electron chi connectivity index (χ3n) is 3.13. The summed E-state index contributed by atoms with van der Waals surface area (Å²) in [6.45, 7) is 0. The molecule has 3 rings (SSSR count). The molecule has 102 valence electrons. The lowest BCUT2D eigenvalue weighted by Crippen LogP contribution is -2.31. The number of nitrogens with one attached hydrogen (secondary N) is 1. The Kier molecular flexibility index (Phi) is 3.10. The topological polar surface area (TPSA) is 38.3 Å². The normalized spacial score (nSPS) is 16.4. The molecular weight excluding hydrogens is 264 g/mol. The zero-order chi connectivity index (χ0) is 14.1. The zero-order valence-electron chi connectivity index (χ0n) is 10.4. The molecule has 0 spiro atoms. The number of rotatable bonds is 2. The number of ether oxygens (including phenoxy) is 1. The van der Waals surface area contributed by atoms with Crippen LogP contribution in [0.3, 0.4) is 0 Å². The molecule has 3 nitrogen and oxygen atoms in total. The summed E-state index contributed by atoms with van der Waals surface area (Å²) in [4.78, 5) is 12.0. The van der Waals surface area contributed by atoms with E-state index < -0.39 is 23.6 Å². The van der Waals surface area contributed by atoms with E-state index in [0.717, 1.165) is 17.7 Å². The van der Waals surface area contributed by atoms with Crippen LogP contribution in [0.25, 0.3) is 0 Å². The predicted octanol–water partition coefficient (Wildman–Crippen LogP) is 2.91. The molecule has 1 amide bonds. The number of para-hydroxylation sites is 1. The summed E-state index contributed by atoms with van der Waals surface area (Å²) in [6, 6.07) is 10.3. The molecule has 1 heterocycles. The number of hydrogen-bond donors (Lipinski definition) is 1. The highest BCUT2D eigenvalue weighted by molar-refractivity contribution is 5.95. The van der Waals surface area contributed by atoms with Crippen LogP contribution in [0.2, 0.25) is 0 Å². The Hall–Kier alpha value is -2.43. The van der Waals surface area contributed by atoms with Crippen LogP contribution in [0.5, 0.6) is 5.75 Å². The van der Waals surface area contributed by atoms with Crippen molar-refractivity contribution in [2.24, 2.45) is 0 Å². The van der Waals surface area contributed by atoms with Crippen molar-refractivity contribution in [3.05, 3.63) is 59.7 Å². The quantitative estimate of drug-likeness (QED) is 0.915. The minimum absolute atomic E-state index is 0.0593. The van der Waals surface area contributed by atoms with Crippen molar-refractivity contribution >= 4 is 11.6 Å². The Morgan fingerprint density at radius 3 is 2.75 bits per heavy atom. The first-order valence-electron chi connectivity index (χ1n) is 6.14. The summed E-state index contributed by atoms with van der Waals surface area (Å²) in [5.41, 5.74) is 0.878. The third kappa shape index (κ3) is 2.34. The van der Waals surface area contributed by atoms with Crippen molar-refractivity contribution in [1.29, 1.82) is 0 Å². The highest BCUT2D eigenvalue weighted by atomic mass is 19.1. The number of fused-ring (bicyclic) bond motifs is 1. The van der Waals surface area contributed by atoms with E-state index in [1.165, 1.54) is 6.07 Å². The lowest BCUT2D eigenvalue weighted by Gasteiger charge is -2.11. The Morgan fingerprint density at radius 1 is 1.20 bits per heavy atom. The Labute approximate surface area is 114 Å². The summed E-state index contributed by atoms with van der Waals surface area (Å²) in [6.07, 6.45) is -0.262. The van der Waals surface area contributed by atoms with Gasteiger partial charge in [0.2, 0.25) is 0 Å². The smallest absolute Gasteiger partial charge is 0.265 e. The van der Waals surface area contributed by atoms with Gasteiger partial charge in [0.15, 0.2) is 6.10 Å². The van der Waals surface area contributed by atoms with Gasteiger partial charge in [-0.1, -0.05) is 18.2 Å². The highest BCUT2D eigenvalue weighted by Crippen LogP contribution is 2.28. The van der Waals surface area contributed by atoms with Crippen molar-refractivity contribution in [2.75, 3.05) is 5.32 Å². The van der Waals surface area contributed by atoms with E-state index in [-0.39, 0.29) is 5.69 Å². The zero-order valence-corrected chi connectivity index (χ0v) is 10.4. The molecule has 0 fully saturated rings. The number of amides is 1. The molecule has 1 aliphatic rings. The number of carbonyl (C=O) groups is 1. The molecule has 1 aliphatic heterocycles. The molecule has 1 N–H and O–H groups in total. The van der Waals surface area contributed by atoms with Gasteiger partial charge in [0.05, 0.1) is 5.69 Å². The molecule has 0 bridgehead atoms. The summed E-state index contributed by atoms with van der Waals surface area (Å²) in [5.74, 6) is -1.29. The lowest BCUT2D eigenvalue weighted by molar-refractivity contribution is -0.122. The molecule has 0 saturated heterocycles. The highest BCUT2D eigenvalue weighted by Gasteiger charge is 2.29. The molecule has 2 aromatic carbocycles. The molecule has 0 saturated carbocycles. The molecule has 0 unspecified atom stereocenters. The maximum Gasteiger partial charge on any atom is 0.265 e. The predicted molar refractivity (Wildman–Crippen MR) is 69.5 cm³/mol. The standard InChI is InChI=1S/C15H11F2NO2/c16-10-5-6-12(11(17)8-10)18-15(19)14-7-9-3-1-2-4-13(9)20-14/h1-6,8,14H,7H2,(H,18,19)/t14-/m0/s1. The SMILES string of the molecule is O=C(Nc1ccc(F)cc1F)[C@@H]1Cc2ccccc2O1. The minimum Gasteiger partial charge on any atom is -0.480 e. The minimum atomic E-state index is -0.811. The molecule has 0 aromatic heterocycles. The monoisotopic (exact) mass is 275 g/mol. The van der Waals surface area contributed by atoms with Gasteiger partial charge in [-0.05, 0) is 23.8 Å². The second-order valence-electron chi connectivity index (χ2n) is 4.53. The van der Waals surface area contributed by atoms with Crippen LogP contribution in [0.15, 0.2) is 42.5 Å². The van der Waals surface area contributed by atoms with Crippen LogP contribution in [0, 0.1) is 11.6 Å². The van der Waals surface area contributed by atoms with Gasteiger partial charge >= 0.3 is 0 Å². The fourth-order valence-electron chi connectivity index (χ4n) is 2.13. The Balaban J connectivity index is 1.72. The molecule has 1 atom stereocenters. The second-order valence-corrected chi connectivity index (χ2v) is 4.53. The van der Waals surface area contributed by atoms with Crippen molar-refractivity contribution in [1.82, 2.24) is 0 Å². The maximum atomic E-state index is 13.5. The maximum absolute atomic E-state index is 13.5. The average molecular weight is 275 g/mol. The van der Waals surface area contributed by atoms with Crippen LogP contribution in [-0.2, 0) is 11.2 Å². The first kappa shape index (κ1) is 12.6. The van der Waals surface area contributed by atoms with E-state index in [1.807, 2.05) is 18.2 Å². The summed E-state index contributed by atoms with van der Waals surface area (Å²) in [7, 11) is 0. The van der Waals surface area contributed by atoms with Crippen molar-refractivity contribution in [3.8, 4) is 5.75 Å². The van der Waals surface area contributed by atoms with Gasteiger partial charge in [-0.25, -0.2) is 8.78 Å². The van der Waals surface area contributed by atoms with Crippen molar-refractivity contribution in [2.45, 2.75) is 12.5 Å². The molecule has 20 heavy (non-hydrogen) atoms. The van der Waals surface area contributed by atoms with Gasteiger partial charge in [-0.15, -0.1) is 0 Å². The molecule has 0 radical (unpaired) electrons. The first-order chi connectivity index (χ1) is 9.63. The second kappa shape index (κ2) is 4.92. The van der Waals surface area contributed by atoms with Gasteiger partial charge in [0, 0.05) is 12.5 Å². The third-order valence-corrected chi connectivity index (χ3v) is 3.13. The fraction of sp³-hybridized carbons (Fsp3) is 0.133. The van der Waals surface area contributed by atoms with E-state index >= 15 is 0 Å². The van der Waals surface area contributed by atoms with Gasteiger partial charge in [-0.2, -0.15) is 0 Å². The van der Waals surface area contributed by atoms with Gasteiger partial charge in [-0.3, -0.25) is 4.79 Å².